The van der Waals surface area contributed by atoms with Crippen molar-refractivity contribution in [2.24, 2.45) is 11.3 Å². The van der Waals surface area contributed by atoms with Crippen LogP contribution in [0.3, 0.4) is 0 Å². The average molecular weight is 536 g/mol. The Bertz CT molecular complexity index is 1260. The summed E-state index contributed by atoms with van der Waals surface area (Å²) < 4.78 is 5.21. The number of nitro groups is 1. The average Bonchev–Trinajstić information content (AvgIpc) is 2.90. The molecule has 0 saturated heterocycles. The van der Waals surface area contributed by atoms with Gasteiger partial charge in [-0.2, -0.15) is 0 Å². The van der Waals surface area contributed by atoms with Crippen molar-refractivity contribution >= 4 is 23.3 Å². The number of benzene rings is 2. The summed E-state index contributed by atoms with van der Waals surface area (Å²) in [6, 6.07) is 11.1. The zero-order valence-corrected chi connectivity index (χ0v) is 23.8. The molecule has 39 heavy (non-hydrogen) atoms. The molecule has 0 aliphatic heterocycles. The fourth-order valence-electron chi connectivity index (χ4n) is 6.93. The largest absolute Gasteiger partial charge is 0.452 e. The third-order valence-corrected chi connectivity index (χ3v) is 8.99. The Morgan fingerprint density at radius 3 is 2.62 bits per heavy atom. The number of anilines is 1. The predicted octanol–water partition coefficient (Wildman–Crippen LogP) is 6.13. The molecular weight excluding hydrogens is 494 g/mol. The van der Waals surface area contributed by atoms with E-state index >= 15 is 0 Å². The van der Waals surface area contributed by atoms with E-state index in [0.29, 0.717) is 30.6 Å². The number of nitrogens with one attached hydrogen (secondary N) is 2. The molecule has 1 amide bonds. The normalized spacial score (nSPS) is 23.9. The van der Waals surface area contributed by atoms with Crippen molar-refractivity contribution in [3.8, 4) is 0 Å². The van der Waals surface area contributed by atoms with Crippen LogP contribution >= 0.6 is 0 Å². The number of carbonyl (C=O) groups is 2. The number of hydrogen-bond acceptors (Lipinski definition) is 6. The van der Waals surface area contributed by atoms with Gasteiger partial charge in [0, 0.05) is 19.2 Å². The van der Waals surface area contributed by atoms with Crippen LogP contribution in [0.1, 0.15) is 93.3 Å². The second kappa shape index (κ2) is 11.4. The Labute approximate surface area is 231 Å². The number of hydrogen-bond donors (Lipinski definition) is 2. The van der Waals surface area contributed by atoms with E-state index in [0.717, 1.165) is 32.1 Å². The van der Waals surface area contributed by atoms with Crippen molar-refractivity contribution in [3.05, 3.63) is 68.8 Å². The standard InChI is InChI=1S/C31H41N3O5/c1-6-32-25-12-9-23(17-26(25)34(37)38)29(36)39-18-28(35)33-19-30(4)14-7-15-31(5)24-11-8-21(20(2)3)16-22(24)10-13-27(30)31/h8-9,11-12,16-17,20,27,32H,6-7,10,13-15,18-19H2,1-5H3,(H,33,35). The van der Waals surface area contributed by atoms with Gasteiger partial charge in [0.15, 0.2) is 6.61 Å². The van der Waals surface area contributed by atoms with Crippen LogP contribution in [0, 0.1) is 21.4 Å². The van der Waals surface area contributed by atoms with Gasteiger partial charge < -0.3 is 15.4 Å². The fraction of sp³-hybridized carbons (Fsp3) is 0.548. The highest BCUT2D eigenvalue weighted by atomic mass is 16.6. The van der Waals surface area contributed by atoms with E-state index in [1.165, 1.54) is 34.9 Å². The summed E-state index contributed by atoms with van der Waals surface area (Å²) >= 11 is 0. The first-order chi connectivity index (χ1) is 18.5. The smallest absolute Gasteiger partial charge is 0.338 e. The number of aryl methyl sites for hydroxylation is 1. The van der Waals surface area contributed by atoms with Crippen LogP contribution in [0.25, 0.3) is 0 Å². The fourth-order valence-corrected chi connectivity index (χ4v) is 6.93. The lowest BCUT2D eigenvalue weighted by Gasteiger charge is -2.55. The number of amides is 1. The zero-order chi connectivity index (χ0) is 28.4. The molecule has 2 aromatic rings. The first-order valence-electron chi connectivity index (χ1n) is 14.1. The van der Waals surface area contributed by atoms with Crippen LogP contribution in [-0.4, -0.2) is 36.5 Å². The molecular formula is C31H41N3O5. The zero-order valence-electron chi connectivity index (χ0n) is 23.8. The van der Waals surface area contributed by atoms with Crippen molar-refractivity contribution in [2.75, 3.05) is 25.0 Å². The van der Waals surface area contributed by atoms with E-state index in [4.69, 9.17) is 4.74 Å². The maximum Gasteiger partial charge on any atom is 0.338 e. The van der Waals surface area contributed by atoms with Gasteiger partial charge >= 0.3 is 5.97 Å². The number of fused-ring (bicyclic) bond motifs is 3. The number of rotatable bonds is 9. The third kappa shape index (κ3) is 5.80. The Morgan fingerprint density at radius 1 is 1.15 bits per heavy atom. The second-order valence-corrected chi connectivity index (χ2v) is 12.0. The quantitative estimate of drug-likeness (QED) is 0.227. The molecule has 8 heteroatoms. The van der Waals surface area contributed by atoms with Gasteiger partial charge in [0.05, 0.1) is 10.5 Å². The maximum absolute atomic E-state index is 12.7. The van der Waals surface area contributed by atoms with Gasteiger partial charge in [-0.15, -0.1) is 0 Å². The number of ether oxygens (including phenoxy) is 1. The van der Waals surface area contributed by atoms with E-state index in [1.54, 1.807) is 0 Å². The SMILES string of the molecule is CCNc1ccc(C(=O)OCC(=O)NCC2(C)CCCC3(C)c4ccc(C(C)C)cc4CCC23)cc1[N+](=O)[O-]. The van der Waals surface area contributed by atoms with Gasteiger partial charge in [-0.25, -0.2) is 4.79 Å². The minimum atomic E-state index is -0.766. The summed E-state index contributed by atoms with van der Waals surface area (Å²) in [6.45, 7) is 11.6. The maximum atomic E-state index is 12.7. The minimum absolute atomic E-state index is 0.0349. The highest BCUT2D eigenvalue weighted by Gasteiger charge is 2.51. The summed E-state index contributed by atoms with van der Waals surface area (Å²) in [5.74, 6) is -0.185. The lowest BCUT2D eigenvalue weighted by molar-refractivity contribution is -0.384. The predicted molar refractivity (Wildman–Crippen MR) is 152 cm³/mol. The molecule has 0 spiro atoms. The molecule has 2 aliphatic carbocycles. The van der Waals surface area contributed by atoms with Gasteiger partial charge in [-0.1, -0.05) is 52.3 Å². The molecule has 0 bridgehead atoms. The molecule has 3 atom stereocenters. The van der Waals surface area contributed by atoms with Crippen LogP contribution in [0.15, 0.2) is 36.4 Å². The summed E-state index contributed by atoms with van der Waals surface area (Å²) in [7, 11) is 0. The topological polar surface area (TPSA) is 111 Å². The number of esters is 1. The Kier molecular flexibility index (Phi) is 8.33. The van der Waals surface area contributed by atoms with Gasteiger partial charge in [0.2, 0.25) is 0 Å². The summed E-state index contributed by atoms with van der Waals surface area (Å²) in [6.07, 6.45) is 5.42. The molecule has 0 radical (unpaired) electrons. The highest BCUT2D eigenvalue weighted by molar-refractivity contribution is 5.93. The number of nitrogens with zero attached hydrogens (tertiary/aromatic N) is 1. The Balaban J connectivity index is 1.38. The van der Waals surface area contributed by atoms with Crippen molar-refractivity contribution < 1.29 is 19.2 Å². The van der Waals surface area contributed by atoms with E-state index < -0.39 is 17.5 Å². The third-order valence-electron chi connectivity index (χ3n) is 8.99. The number of carbonyl (C=O) groups excluding carboxylic acids is 2. The van der Waals surface area contributed by atoms with Gasteiger partial charge in [-0.3, -0.25) is 14.9 Å². The molecule has 0 heterocycles. The Morgan fingerprint density at radius 2 is 1.92 bits per heavy atom. The Hall–Kier alpha value is -3.42. The molecule has 4 rings (SSSR count). The molecule has 1 fully saturated rings. The van der Waals surface area contributed by atoms with Gasteiger partial charge in [0.25, 0.3) is 11.6 Å². The minimum Gasteiger partial charge on any atom is -0.452 e. The summed E-state index contributed by atoms with van der Waals surface area (Å²) in [5, 5.41) is 17.3. The van der Waals surface area contributed by atoms with Crippen LogP contribution in [0.5, 0.6) is 0 Å². The summed E-state index contributed by atoms with van der Waals surface area (Å²) in [5.41, 5.74) is 4.48. The number of nitro benzene ring substituents is 1. The molecule has 2 N–H and O–H groups in total. The van der Waals surface area contributed by atoms with Crippen LogP contribution in [0.4, 0.5) is 11.4 Å². The van der Waals surface area contributed by atoms with Crippen molar-refractivity contribution in [1.82, 2.24) is 5.32 Å². The molecule has 3 unspecified atom stereocenters. The van der Waals surface area contributed by atoms with E-state index in [2.05, 4.69) is 56.5 Å². The second-order valence-electron chi connectivity index (χ2n) is 12.0. The van der Waals surface area contributed by atoms with Gasteiger partial charge in [0.1, 0.15) is 5.69 Å². The van der Waals surface area contributed by atoms with Crippen LogP contribution < -0.4 is 10.6 Å². The van der Waals surface area contributed by atoms with Crippen molar-refractivity contribution in [1.29, 1.82) is 0 Å². The molecule has 1 saturated carbocycles. The van der Waals surface area contributed by atoms with Crippen LogP contribution in [0.2, 0.25) is 0 Å². The highest BCUT2D eigenvalue weighted by Crippen LogP contribution is 2.57. The monoisotopic (exact) mass is 535 g/mol. The van der Waals surface area contributed by atoms with E-state index in [1.807, 2.05) is 6.92 Å². The lowest BCUT2D eigenvalue weighted by Crippen LogP contribution is -2.53. The molecule has 0 aromatic heterocycles. The molecule has 2 aliphatic rings. The van der Waals surface area contributed by atoms with E-state index in [-0.39, 0.29) is 28.0 Å². The first kappa shape index (κ1) is 28.6. The van der Waals surface area contributed by atoms with Crippen molar-refractivity contribution in [2.45, 2.75) is 78.1 Å². The lowest BCUT2D eigenvalue weighted by atomic mass is 9.49. The van der Waals surface area contributed by atoms with Crippen LogP contribution in [-0.2, 0) is 21.4 Å². The van der Waals surface area contributed by atoms with E-state index in [9.17, 15) is 19.7 Å². The first-order valence-corrected chi connectivity index (χ1v) is 14.1. The van der Waals surface area contributed by atoms with Gasteiger partial charge in [-0.05, 0) is 84.1 Å². The molecule has 8 nitrogen and oxygen atoms in total. The molecule has 2 aromatic carbocycles. The molecule has 210 valence electrons. The summed E-state index contributed by atoms with van der Waals surface area (Å²) in [4.78, 5) is 36.1. The van der Waals surface area contributed by atoms with Crippen molar-refractivity contribution in [3.63, 3.8) is 0 Å².